The zero-order chi connectivity index (χ0) is 18.7. The fourth-order valence-electron chi connectivity index (χ4n) is 2.59. The Morgan fingerprint density at radius 2 is 2.15 bits per heavy atom. The van der Waals surface area contributed by atoms with Gasteiger partial charge in [0.1, 0.15) is 12.4 Å². The zero-order valence-corrected chi connectivity index (χ0v) is 16.6. The lowest BCUT2D eigenvalue weighted by Crippen LogP contribution is -2.20. The number of carbonyl (C=O) groups excluding carboxylic acids is 1. The summed E-state index contributed by atoms with van der Waals surface area (Å²) in [5.41, 5.74) is 4.38. The van der Waals surface area contributed by atoms with Gasteiger partial charge >= 0.3 is 0 Å². The standard InChI is InChI=1S/C18H21N5OS2/c1-4-5-15-21-22-18(25)23(15)9-16(24)20-17-19-14(10-26-17)13-7-6-11(2)12(3)8-13/h6-8,10H,4-5,9H2,1-3H3,(H,22,25)(H,19,20,24). The number of benzene rings is 1. The van der Waals surface area contributed by atoms with Crippen LogP contribution in [0.3, 0.4) is 0 Å². The molecule has 0 bridgehead atoms. The molecule has 8 heteroatoms. The maximum absolute atomic E-state index is 12.4. The summed E-state index contributed by atoms with van der Waals surface area (Å²) in [5.74, 6) is 0.628. The number of anilines is 1. The second-order valence-electron chi connectivity index (χ2n) is 6.17. The minimum absolute atomic E-state index is 0.128. The Labute approximate surface area is 161 Å². The Kier molecular flexibility index (Phi) is 5.63. The van der Waals surface area contributed by atoms with Crippen LogP contribution in [0.5, 0.6) is 0 Å². The van der Waals surface area contributed by atoms with E-state index in [1.807, 2.05) is 11.4 Å². The molecule has 1 aromatic carbocycles. The van der Waals surface area contributed by atoms with Gasteiger partial charge in [-0.1, -0.05) is 19.1 Å². The predicted octanol–water partition coefficient (Wildman–Crippen LogP) is 4.27. The molecule has 136 valence electrons. The lowest BCUT2D eigenvalue weighted by atomic mass is 10.1. The van der Waals surface area contributed by atoms with Crippen LogP contribution >= 0.6 is 23.6 Å². The largest absolute Gasteiger partial charge is 0.300 e. The molecule has 0 aliphatic heterocycles. The van der Waals surface area contributed by atoms with Crippen LogP contribution in [0, 0.1) is 18.6 Å². The number of aryl methyl sites for hydroxylation is 3. The molecule has 0 fully saturated rings. The van der Waals surface area contributed by atoms with Gasteiger partial charge in [0.25, 0.3) is 0 Å². The van der Waals surface area contributed by atoms with Gasteiger partial charge in [0.2, 0.25) is 5.91 Å². The molecule has 2 aromatic heterocycles. The highest BCUT2D eigenvalue weighted by Crippen LogP contribution is 2.26. The van der Waals surface area contributed by atoms with E-state index < -0.39 is 0 Å². The molecular weight excluding hydrogens is 366 g/mol. The van der Waals surface area contributed by atoms with Gasteiger partial charge in [-0.05, 0) is 49.7 Å². The molecular formula is C18H21N5OS2. The monoisotopic (exact) mass is 387 g/mol. The number of aromatic amines is 1. The smallest absolute Gasteiger partial charge is 0.246 e. The van der Waals surface area contributed by atoms with E-state index in [0.717, 1.165) is 29.9 Å². The number of nitrogens with zero attached hydrogens (tertiary/aromatic N) is 3. The lowest BCUT2D eigenvalue weighted by molar-refractivity contribution is -0.116. The van der Waals surface area contributed by atoms with Crippen LogP contribution < -0.4 is 5.32 Å². The number of nitrogens with one attached hydrogen (secondary N) is 2. The molecule has 0 saturated carbocycles. The molecule has 0 aliphatic carbocycles. The second-order valence-corrected chi connectivity index (χ2v) is 7.41. The molecule has 0 atom stereocenters. The van der Waals surface area contributed by atoms with Gasteiger partial charge in [-0.2, -0.15) is 5.10 Å². The van der Waals surface area contributed by atoms with Crippen LogP contribution in [0.15, 0.2) is 23.6 Å². The molecule has 0 radical (unpaired) electrons. The third kappa shape index (κ3) is 4.08. The van der Waals surface area contributed by atoms with E-state index in [-0.39, 0.29) is 12.5 Å². The highest BCUT2D eigenvalue weighted by atomic mass is 32.1. The normalized spacial score (nSPS) is 10.9. The quantitative estimate of drug-likeness (QED) is 0.619. The molecule has 2 heterocycles. The molecule has 6 nitrogen and oxygen atoms in total. The maximum atomic E-state index is 12.4. The number of H-pyrrole nitrogens is 1. The summed E-state index contributed by atoms with van der Waals surface area (Å²) in [5, 5.41) is 12.3. The van der Waals surface area contributed by atoms with Crippen molar-refractivity contribution in [2.75, 3.05) is 5.32 Å². The van der Waals surface area contributed by atoms with Gasteiger partial charge in [0, 0.05) is 17.4 Å². The maximum Gasteiger partial charge on any atom is 0.246 e. The molecule has 0 unspecified atom stereocenters. The van der Waals surface area contributed by atoms with Gasteiger partial charge in [0.05, 0.1) is 5.69 Å². The molecule has 3 aromatic rings. The first-order chi connectivity index (χ1) is 12.5. The van der Waals surface area contributed by atoms with Crippen molar-refractivity contribution in [3.63, 3.8) is 0 Å². The number of hydrogen-bond donors (Lipinski definition) is 2. The van der Waals surface area contributed by atoms with E-state index >= 15 is 0 Å². The summed E-state index contributed by atoms with van der Waals surface area (Å²) in [4.78, 5) is 16.9. The molecule has 3 rings (SSSR count). The summed E-state index contributed by atoms with van der Waals surface area (Å²) in [6, 6.07) is 6.24. The van der Waals surface area contributed by atoms with E-state index in [0.29, 0.717) is 9.90 Å². The van der Waals surface area contributed by atoms with Gasteiger partial charge in [0.15, 0.2) is 9.90 Å². The van der Waals surface area contributed by atoms with Crippen LogP contribution in [0.2, 0.25) is 0 Å². The van der Waals surface area contributed by atoms with Crippen LogP contribution in [-0.4, -0.2) is 25.7 Å². The highest BCUT2D eigenvalue weighted by molar-refractivity contribution is 7.71. The summed E-state index contributed by atoms with van der Waals surface area (Å²) >= 11 is 6.62. The van der Waals surface area contributed by atoms with Crippen molar-refractivity contribution in [3.8, 4) is 11.3 Å². The number of aromatic nitrogens is 4. The van der Waals surface area contributed by atoms with Gasteiger partial charge < -0.3 is 5.32 Å². The third-order valence-electron chi connectivity index (χ3n) is 4.17. The molecule has 0 aliphatic rings. The minimum atomic E-state index is -0.166. The van der Waals surface area contributed by atoms with E-state index in [1.54, 1.807) is 4.57 Å². The van der Waals surface area contributed by atoms with Crippen molar-refractivity contribution in [2.24, 2.45) is 0 Å². The van der Waals surface area contributed by atoms with Crippen molar-refractivity contribution in [1.29, 1.82) is 0 Å². The Bertz CT molecular complexity index is 986. The molecule has 0 saturated heterocycles. The van der Waals surface area contributed by atoms with Crippen LogP contribution in [0.1, 0.15) is 30.3 Å². The van der Waals surface area contributed by atoms with E-state index in [9.17, 15) is 4.79 Å². The molecule has 26 heavy (non-hydrogen) atoms. The summed E-state index contributed by atoms with van der Waals surface area (Å²) < 4.78 is 2.19. The first-order valence-corrected chi connectivity index (χ1v) is 9.73. The van der Waals surface area contributed by atoms with Gasteiger partial charge in [-0.3, -0.25) is 14.5 Å². The minimum Gasteiger partial charge on any atom is -0.300 e. The Morgan fingerprint density at radius 1 is 1.35 bits per heavy atom. The SMILES string of the molecule is CCCc1n[nH]c(=S)n1CC(=O)Nc1nc(-c2ccc(C)c(C)c2)cs1. The zero-order valence-electron chi connectivity index (χ0n) is 15.0. The highest BCUT2D eigenvalue weighted by Gasteiger charge is 2.12. The predicted molar refractivity (Wildman–Crippen MR) is 107 cm³/mol. The van der Waals surface area contributed by atoms with Crippen molar-refractivity contribution < 1.29 is 4.79 Å². The topological polar surface area (TPSA) is 75.6 Å². The van der Waals surface area contributed by atoms with E-state index in [4.69, 9.17) is 12.2 Å². The first-order valence-electron chi connectivity index (χ1n) is 8.45. The van der Waals surface area contributed by atoms with Crippen molar-refractivity contribution in [2.45, 2.75) is 40.2 Å². The van der Waals surface area contributed by atoms with Crippen LogP contribution in [0.4, 0.5) is 5.13 Å². The van der Waals surface area contributed by atoms with Crippen LogP contribution in [-0.2, 0) is 17.8 Å². The summed E-state index contributed by atoms with van der Waals surface area (Å²) in [6.07, 6.45) is 1.71. The number of amides is 1. The van der Waals surface area contributed by atoms with E-state index in [1.165, 1.54) is 22.5 Å². The average molecular weight is 388 g/mol. The van der Waals surface area contributed by atoms with Crippen molar-refractivity contribution in [1.82, 2.24) is 19.7 Å². The van der Waals surface area contributed by atoms with Crippen molar-refractivity contribution >= 4 is 34.6 Å². The third-order valence-corrected chi connectivity index (χ3v) is 5.24. The molecule has 2 N–H and O–H groups in total. The molecule has 1 amide bonds. The second kappa shape index (κ2) is 7.92. The average Bonchev–Trinajstić information content (AvgIpc) is 3.19. The first kappa shape index (κ1) is 18.5. The Morgan fingerprint density at radius 3 is 2.88 bits per heavy atom. The van der Waals surface area contributed by atoms with Crippen molar-refractivity contribution in [3.05, 3.63) is 45.3 Å². The van der Waals surface area contributed by atoms with Crippen LogP contribution in [0.25, 0.3) is 11.3 Å². The number of carbonyl (C=O) groups is 1. The summed E-state index contributed by atoms with van der Waals surface area (Å²) in [7, 11) is 0. The Hall–Kier alpha value is -2.32. The van der Waals surface area contributed by atoms with E-state index in [2.05, 4.69) is 53.4 Å². The lowest BCUT2D eigenvalue weighted by Gasteiger charge is -2.06. The number of hydrogen-bond acceptors (Lipinski definition) is 5. The number of rotatable bonds is 6. The van der Waals surface area contributed by atoms with Gasteiger partial charge in [-0.15, -0.1) is 11.3 Å². The number of thiazole rings is 1. The molecule has 0 spiro atoms. The fraction of sp³-hybridized carbons (Fsp3) is 0.333. The Balaban J connectivity index is 1.71. The fourth-order valence-corrected chi connectivity index (χ4v) is 3.55. The van der Waals surface area contributed by atoms with Gasteiger partial charge in [-0.25, -0.2) is 4.98 Å². The summed E-state index contributed by atoms with van der Waals surface area (Å²) in [6.45, 7) is 6.35.